The Morgan fingerprint density at radius 1 is 1.04 bits per heavy atom. The number of carbonyl (C=O) groups excluding carboxylic acids is 2. The van der Waals surface area contributed by atoms with E-state index in [9.17, 15) is 18.0 Å². The third-order valence-electron chi connectivity index (χ3n) is 3.69. The van der Waals surface area contributed by atoms with E-state index in [0.29, 0.717) is 29.1 Å². The monoisotopic (exact) mass is 409 g/mol. The van der Waals surface area contributed by atoms with Crippen molar-refractivity contribution in [2.24, 2.45) is 5.14 Å². The highest BCUT2D eigenvalue weighted by Crippen LogP contribution is 2.10. The van der Waals surface area contributed by atoms with Crippen LogP contribution in [0.2, 0.25) is 5.02 Å². The first-order valence-corrected chi connectivity index (χ1v) is 10.1. The molecule has 2 rings (SSSR count). The molecule has 144 valence electrons. The summed E-state index contributed by atoms with van der Waals surface area (Å²) in [4.78, 5) is 23.8. The fourth-order valence-corrected chi connectivity index (χ4v) is 2.99. The number of hydrogen-bond acceptors (Lipinski definition) is 4. The molecule has 0 saturated carbocycles. The number of halogens is 1. The quantitative estimate of drug-likeness (QED) is 0.576. The molecule has 27 heavy (non-hydrogen) atoms. The van der Waals surface area contributed by atoms with E-state index in [1.165, 1.54) is 12.1 Å². The van der Waals surface area contributed by atoms with Gasteiger partial charge in [-0.15, -0.1) is 0 Å². The lowest BCUT2D eigenvalue weighted by molar-refractivity contribution is -0.121. The average Bonchev–Trinajstić information content (AvgIpc) is 2.63. The molecule has 0 aliphatic carbocycles. The van der Waals surface area contributed by atoms with Crippen LogP contribution < -0.4 is 15.8 Å². The van der Waals surface area contributed by atoms with Crippen molar-refractivity contribution < 1.29 is 18.0 Å². The molecule has 9 heteroatoms. The topological polar surface area (TPSA) is 118 Å². The normalized spacial score (nSPS) is 11.0. The van der Waals surface area contributed by atoms with Crippen LogP contribution in [0.25, 0.3) is 0 Å². The minimum atomic E-state index is -3.78. The highest BCUT2D eigenvalue weighted by molar-refractivity contribution is 7.89. The van der Waals surface area contributed by atoms with Crippen molar-refractivity contribution in [3.63, 3.8) is 0 Å². The molecule has 2 aromatic rings. The van der Waals surface area contributed by atoms with Crippen molar-refractivity contribution >= 4 is 33.4 Å². The van der Waals surface area contributed by atoms with Gasteiger partial charge in [-0.05, 0) is 48.4 Å². The highest BCUT2D eigenvalue weighted by Gasteiger charge is 2.09. The SMILES string of the molecule is NS(=O)(=O)c1cccc(CNC(=O)CCCNC(=O)c2ccc(Cl)cc2)c1. The van der Waals surface area contributed by atoms with E-state index in [4.69, 9.17) is 16.7 Å². The summed E-state index contributed by atoms with van der Waals surface area (Å²) in [6, 6.07) is 12.6. The van der Waals surface area contributed by atoms with Gasteiger partial charge in [0.2, 0.25) is 15.9 Å². The Morgan fingerprint density at radius 2 is 1.74 bits per heavy atom. The number of carbonyl (C=O) groups is 2. The minimum absolute atomic E-state index is 0.000777. The Morgan fingerprint density at radius 3 is 2.41 bits per heavy atom. The summed E-state index contributed by atoms with van der Waals surface area (Å²) in [6.07, 6.45) is 0.707. The molecule has 4 N–H and O–H groups in total. The van der Waals surface area contributed by atoms with Crippen LogP contribution in [0.15, 0.2) is 53.4 Å². The molecule has 0 heterocycles. The van der Waals surface area contributed by atoms with Crippen LogP contribution in [0.3, 0.4) is 0 Å². The standard InChI is InChI=1S/C18H20ClN3O4S/c19-15-8-6-14(7-9-15)18(24)21-10-2-5-17(23)22-12-13-3-1-4-16(11-13)27(20,25)26/h1,3-4,6-9,11H,2,5,10,12H2,(H,21,24)(H,22,23)(H2,20,25,26). The van der Waals surface area contributed by atoms with Gasteiger partial charge in [-0.2, -0.15) is 0 Å². The number of nitrogens with two attached hydrogens (primary N) is 1. The Bertz CT molecular complexity index is 914. The Balaban J connectivity index is 1.71. The second kappa shape index (κ2) is 9.50. The summed E-state index contributed by atoms with van der Waals surface area (Å²) in [5.41, 5.74) is 1.13. The van der Waals surface area contributed by atoms with Gasteiger partial charge < -0.3 is 10.6 Å². The Hall–Kier alpha value is -2.42. The molecule has 0 radical (unpaired) electrons. The molecule has 0 unspecified atom stereocenters. The van der Waals surface area contributed by atoms with Crippen LogP contribution in [0, 0.1) is 0 Å². The van der Waals surface area contributed by atoms with Crippen LogP contribution in [-0.2, 0) is 21.4 Å². The fraction of sp³-hybridized carbons (Fsp3) is 0.222. The van der Waals surface area contributed by atoms with Gasteiger partial charge in [-0.1, -0.05) is 23.7 Å². The third kappa shape index (κ3) is 7.01. The number of nitrogens with one attached hydrogen (secondary N) is 2. The molecule has 0 atom stereocenters. The van der Waals surface area contributed by atoms with Gasteiger partial charge in [0.05, 0.1) is 4.90 Å². The first kappa shape index (κ1) is 20.9. The lowest BCUT2D eigenvalue weighted by atomic mass is 10.2. The summed E-state index contributed by atoms with van der Waals surface area (Å²) in [5, 5.41) is 11.1. The third-order valence-corrected chi connectivity index (χ3v) is 4.85. The smallest absolute Gasteiger partial charge is 0.251 e. The number of hydrogen-bond donors (Lipinski definition) is 3. The molecule has 2 aromatic carbocycles. The van der Waals surface area contributed by atoms with Crippen molar-refractivity contribution in [3.8, 4) is 0 Å². The van der Waals surface area contributed by atoms with Crippen LogP contribution >= 0.6 is 11.6 Å². The van der Waals surface area contributed by atoms with E-state index >= 15 is 0 Å². The van der Waals surface area contributed by atoms with Gasteiger partial charge >= 0.3 is 0 Å². The molecule has 0 aliphatic heterocycles. The van der Waals surface area contributed by atoms with Crippen LogP contribution in [0.4, 0.5) is 0 Å². The van der Waals surface area contributed by atoms with E-state index in [0.717, 1.165) is 0 Å². The maximum atomic E-state index is 11.9. The van der Waals surface area contributed by atoms with Crippen molar-refractivity contribution in [3.05, 3.63) is 64.7 Å². The number of amides is 2. The maximum Gasteiger partial charge on any atom is 0.251 e. The molecule has 0 fully saturated rings. The van der Waals surface area contributed by atoms with Crippen molar-refractivity contribution in [2.75, 3.05) is 6.54 Å². The van der Waals surface area contributed by atoms with E-state index < -0.39 is 10.0 Å². The molecule has 7 nitrogen and oxygen atoms in total. The largest absolute Gasteiger partial charge is 0.352 e. The van der Waals surface area contributed by atoms with Gasteiger partial charge in [-0.3, -0.25) is 9.59 Å². The predicted molar refractivity (Wildman–Crippen MR) is 103 cm³/mol. The van der Waals surface area contributed by atoms with Crippen LogP contribution in [0.5, 0.6) is 0 Å². The Kier molecular flexibility index (Phi) is 7.35. The molecular formula is C18H20ClN3O4S. The predicted octanol–water partition coefficient (Wildman–Crippen LogP) is 1.81. The van der Waals surface area contributed by atoms with Crippen molar-refractivity contribution in [2.45, 2.75) is 24.3 Å². The van der Waals surface area contributed by atoms with Crippen molar-refractivity contribution in [1.29, 1.82) is 0 Å². The highest BCUT2D eigenvalue weighted by atomic mass is 35.5. The first-order valence-electron chi connectivity index (χ1n) is 8.18. The summed E-state index contributed by atoms with van der Waals surface area (Å²) in [6.45, 7) is 0.551. The first-order chi connectivity index (χ1) is 12.8. The Labute approximate surface area is 163 Å². The van der Waals surface area contributed by atoms with Gasteiger partial charge in [0.1, 0.15) is 0 Å². The zero-order valence-corrected chi connectivity index (χ0v) is 16.0. The lowest BCUT2D eigenvalue weighted by Crippen LogP contribution is -2.27. The number of sulfonamides is 1. The van der Waals surface area contributed by atoms with Gasteiger partial charge in [0.25, 0.3) is 5.91 Å². The average molecular weight is 410 g/mol. The van der Waals surface area contributed by atoms with Gasteiger partial charge in [-0.25, -0.2) is 13.6 Å². The second-order valence-corrected chi connectivity index (χ2v) is 7.83. The molecule has 0 aromatic heterocycles. The van der Waals surface area contributed by atoms with Crippen LogP contribution in [-0.4, -0.2) is 26.8 Å². The molecule has 0 spiro atoms. The minimum Gasteiger partial charge on any atom is -0.352 e. The van der Waals surface area contributed by atoms with Crippen molar-refractivity contribution in [1.82, 2.24) is 10.6 Å². The van der Waals surface area contributed by atoms with E-state index in [2.05, 4.69) is 10.6 Å². The summed E-state index contributed by atoms with van der Waals surface area (Å²) < 4.78 is 22.6. The van der Waals surface area contributed by atoms with E-state index in [1.807, 2.05) is 0 Å². The second-order valence-electron chi connectivity index (χ2n) is 5.84. The summed E-state index contributed by atoms with van der Waals surface area (Å²) in [5.74, 6) is -0.427. The summed E-state index contributed by atoms with van der Waals surface area (Å²) in [7, 11) is -3.78. The number of rotatable bonds is 8. The fourth-order valence-electron chi connectivity index (χ4n) is 2.28. The maximum absolute atomic E-state index is 11.9. The number of benzene rings is 2. The van der Waals surface area contributed by atoms with Crippen LogP contribution in [0.1, 0.15) is 28.8 Å². The van der Waals surface area contributed by atoms with Gasteiger partial charge in [0, 0.05) is 30.1 Å². The van der Waals surface area contributed by atoms with Gasteiger partial charge in [0.15, 0.2) is 0 Å². The van der Waals surface area contributed by atoms with E-state index in [1.54, 1.807) is 36.4 Å². The summed E-state index contributed by atoms with van der Waals surface area (Å²) >= 11 is 5.77. The molecule has 0 bridgehead atoms. The molecule has 2 amide bonds. The van der Waals surface area contributed by atoms with E-state index in [-0.39, 0.29) is 29.7 Å². The molecule has 0 aliphatic rings. The lowest BCUT2D eigenvalue weighted by Gasteiger charge is -2.08. The zero-order chi connectivity index (χ0) is 19.9. The zero-order valence-electron chi connectivity index (χ0n) is 14.4. The molecule has 0 saturated heterocycles. The molecular weight excluding hydrogens is 390 g/mol. The number of primary sulfonamides is 1.